The predicted octanol–water partition coefficient (Wildman–Crippen LogP) is 1.01. The Bertz CT molecular complexity index is 540. The van der Waals surface area contributed by atoms with Crippen LogP contribution in [0.2, 0.25) is 0 Å². The van der Waals surface area contributed by atoms with Crippen molar-refractivity contribution in [2.75, 3.05) is 6.61 Å². The first-order valence-corrected chi connectivity index (χ1v) is 5.19. The average molecular weight is 218 g/mol. The lowest BCUT2D eigenvalue weighted by molar-refractivity contribution is 0.299. The van der Waals surface area contributed by atoms with Crippen molar-refractivity contribution in [3.05, 3.63) is 51.9 Å². The first kappa shape index (κ1) is 10.7. The fourth-order valence-electron chi connectivity index (χ4n) is 1.66. The molecule has 0 aliphatic rings. The Kier molecular flexibility index (Phi) is 2.92. The van der Waals surface area contributed by atoms with Gasteiger partial charge in [0.2, 0.25) is 0 Å². The summed E-state index contributed by atoms with van der Waals surface area (Å²) in [6.45, 7) is 1.97. The topological polar surface area (TPSA) is 58.0 Å². The van der Waals surface area contributed by atoms with Crippen LogP contribution in [0.1, 0.15) is 11.1 Å². The molecule has 16 heavy (non-hydrogen) atoms. The SMILES string of the molecule is Cc1cccc(-n2[nH]cc(CCO)c2=O)c1. The van der Waals surface area contributed by atoms with Crippen LogP contribution < -0.4 is 5.56 Å². The van der Waals surface area contributed by atoms with Crippen LogP contribution in [0, 0.1) is 6.92 Å². The number of aliphatic hydroxyl groups is 1. The van der Waals surface area contributed by atoms with E-state index < -0.39 is 0 Å². The number of aryl methyl sites for hydroxylation is 1. The van der Waals surface area contributed by atoms with Gasteiger partial charge in [0.25, 0.3) is 5.56 Å². The summed E-state index contributed by atoms with van der Waals surface area (Å²) in [5, 5.41) is 11.7. The number of H-pyrrole nitrogens is 1. The van der Waals surface area contributed by atoms with E-state index in [2.05, 4.69) is 5.10 Å². The maximum atomic E-state index is 11.9. The van der Waals surface area contributed by atoms with Gasteiger partial charge in [-0.05, 0) is 24.6 Å². The van der Waals surface area contributed by atoms with E-state index in [4.69, 9.17) is 5.11 Å². The zero-order chi connectivity index (χ0) is 11.5. The van der Waals surface area contributed by atoms with Gasteiger partial charge in [-0.2, -0.15) is 0 Å². The number of benzene rings is 1. The second-order valence-corrected chi connectivity index (χ2v) is 3.75. The Morgan fingerprint density at radius 3 is 2.94 bits per heavy atom. The van der Waals surface area contributed by atoms with Crippen LogP contribution in [0.5, 0.6) is 0 Å². The van der Waals surface area contributed by atoms with E-state index in [-0.39, 0.29) is 12.2 Å². The van der Waals surface area contributed by atoms with Crippen molar-refractivity contribution in [2.24, 2.45) is 0 Å². The molecule has 84 valence electrons. The van der Waals surface area contributed by atoms with E-state index >= 15 is 0 Å². The fourth-order valence-corrected chi connectivity index (χ4v) is 1.66. The van der Waals surface area contributed by atoms with Gasteiger partial charge in [0.15, 0.2) is 0 Å². The van der Waals surface area contributed by atoms with E-state index in [1.807, 2.05) is 31.2 Å². The minimum atomic E-state index is -0.0975. The number of nitrogens with one attached hydrogen (secondary N) is 1. The lowest BCUT2D eigenvalue weighted by Gasteiger charge is -2.01. The maximum absolute atomic E-state index is 11.9. The van der Waals surface area contributed by atoms with Gasteiger partial charge in [-0.25, -0.2) is 4.68 Å². The minimum absolute atomic E-state index is 0.0130. The van der Waals surface area contributed by atoms with Crippen LogP contribution in [0.15, 0.2) is 35.3 Å². The average Bonchev–Trinajstić information content (AvgIpc) is 2.61. The van der Waals surface area contributed by atoms with Crippen molar-refractivity contribution in [2.45, 2.75) is 13.3 Å². The lowest BCUT2D eigenvalue weighted by atomic mass is 10.2. The molecule has 1 aromatic carbocycles. The highest BCUT2D eigenvalue weighted by Crippen LogP contribution is 2.07. The van der Waals surface area contributed by atoms with Crippen LogP contribution in [0.25, 0.3) is 5.69 Å². The summed E-state index contributed by atoms with van der Waals surface area (Å²) in [4.78, 5) is 11.9. The molecule has 2 N–H and O–H groups in total. The van der Waals surface area contributed by atoms with E-state index in [1.165, 1.54) is 4.68 Å². The van der Waals surface area contributed by atoms with Crippen LogP contribution in [-0.4, -0.2) is 21.5 Å². The first-order chi connectivity index (χ1) is 7.72. The zero-order valence-corrected chi connectivity index (χ0v) is 9.10. The largest absolute Gasteiger partial charge is 0.396 e. The quantitative estimate of drug-likeness (QED) is 0.807. The van der Waals surface area contributed by atoms with Crippen LogP contribution in [-0.2, 0) is 6.42 Å². The molecule has 0 atom stereocenters. The highest BCUT2D eigenvalue weighted by atomic mass is 16.3. The number of hydrogen-bond donors (Lipinski definition) is 2. The van der Waals surface area contributed by atoms with E-state index in [0.717, 1.165) is 11.3 Å². The molecule has 0 saturated carbocycles. The number of hydrogen-bond acceptors (Lipinski definition) is 2. The fraction of sp³-hybridized carbons (Fsp3) is 0.250. The highest BCUT2D eigenvalue weighted by molar-refractivity contribution is 5.35. The standard InChI is InChI=1S/C12H14N2O2/c1-9-3-2-4-11(7-9)14-12(16)10(5-6-15)8-13-14/h2-4,7-8,13,15H,5-6H2,1H3. The molecule has 1 heterocycles. The molecule has 0 aliphatic heterocycles. The molecule has 0 spiro atoms. The van der Waals surface area contributed by atoms with Crippen LogP contribution in [0.3, 0.4) is 0 Å². The molecule has 0 bridgehead atoms. The molecule has 0 saturated heterocycles. The maximum Gasteiger partial charge on any atom is 0.274 e. The molecule has 4 nitrogen and oxygen atoms in total. The van der Waals surface area contributed by atoms with Crippen molar-refractivity contribution in [1.29, 1.82) is 0 Å². The monoisotopic (exact) mass is 218 g/mol. The number of aromatic amines is 1. The van der Waals surface area contributed by atoms with Gasteiger partial charge in [0.05, 0.1) is 5.69 Å². The van der Waals surface area contributed by atoms with Gasteiger partial charge in [-0.15, -0.1) is 0 Å². The van der Waals surface area contributed by atoms with Crippen molar-refractivity contribution < 1.29 is 5.11 Å². The van der Waals surface area contributed by atoms with Crippen molar-refractivity contribution >= 4 is 0 Å². The molecular formula is C12H14N2O2. The highest BCUT2D eigenvalue weighted by Gasteiger charge is 2.06. The van der Waals surface area contributed by atoms with Gasteiger partial charge < -0.3 is 5.11 Å². The summed E-state index contributed by atoms with van der Waals surface area (Å²) in [6, 6.07) is 7.68. The molecule has 2 aromatic rings. The molecule has 1 aromatic heterocycles. The Hall–Kier alpha value is -1.81. The first-order valence-electron chi connectivity index (χ1n) is 5.19. The number of nitrogens with zero attached hydrogens (tertiary/aromatic N) is 1. The van der Waals surface area contributed by atoms with Gasteiger partial charge in [-0.3, -0.25) is 9.89 Å². The number of rotatable bonds is 3. The van der Waals surface area contributed by atoms with E-state index in [1.54, 1.807) is 6.20 Å². The van der Waals surface area contributed by atoms with Crippen molar-refractivity contribution in [3.8, 4) is 5.69 Å². The van der Waals surface area contributed by atoms with Gasteiger partial charge in [0, 0.05) is 24.8 Å². The van der Waals surface area contributed by atoms with E-state index in [0.29, 0.717) is 12.0 Å². The summed E-state index contributed by atoms with van der Waals surface area (Å²) in [6.07, 6.45) is 2.02. The second kappa shape index (κ2) is 4.37. The summed E-state index contributed by atoms with van der Waals surface area (Å²) in [5.74, 6) is 0. The normalized spacial score (nSPS) is 10.6. The summed E-state index contributed by atoms with van der Waals surface area (Å²) < 4.78 is 1.48. The Morgan fingerprint density at radius 2 is 2.25 bits per heavy atom. The lowest BCUT2D eigenvalue weighted by Crippen LogP contribution is -2.18. The molecular weight excluding hydrogens is 204 g/mol. The molecule has 0 fully saturated rings. The molecule has 2 rings (SSSR count). The third-order valence-electron chi connectivity index (χ3n) is 2.49. The van der Waals surface area contributed by atoms with Gasteiger partial charge >= 0.3 is 0 Å². The molecule has 0 unspecified atom stereocenters. The van der Waals surface area contributed by atoms with Crippen molar-refractivity contribution in [3.63, 3.8) is 0 Å². The Morgan fingerprint density at radius 1 is 1.44 bits per heavy atom. The summed E-state index contributed by atoms with van der Waals surface area (Å²) in [7, 11) is 0. The molecule has 0 aliphatic carbocycles. The Balaban J connectivity index is 2.45. The number of aliphatic hydroxyl groups excluding tert-OH is 1. The smallest absolute Gasteiger partial charge is 0.274 e. The van der Waals surface area contributed by atoms with E-state index in [9.17, 15) is 4.79 Å². The van der Waals surface area contributed by atoms with Gasteiger partial charge in [-0.1, -0.05) is 12.1 Å². The third-order valence-corrected chi connectivity index (χ3v) is 2.49. The summed E-state index contributed by atoms with van der Waals surface area (Å²) >= 11 is 0. The summed E-state index contributed by atoms with van der Waals surface area (Å²) in [5.41, 5.74) is 2.42. The third kappa shape index (κ3) is 1.92. The Labute approximate surface area is 93.1 Å². The van der Waals surface area contributed by atoms with Crippen molar-refractivity contribution in [1.82, 2.24) is 9.78 Å². The predicted molar refractivity (Wildman–Crippen MR) is 61.9 cm³/mol. The molecule has 4 heteroatoms. The molecule has 0 amide bonds. The van der Waals surface area contributed by atoms with Gasteiger partial charge in [0.1, 0.15) is 0 Å². The molecule has 0 radical (unpaired) electrons. The zero-order valence-electron chi connectivity index (χ0n) is 9.10. The minimum Gasteiger partial charge on any atom is -0.396 e. The van der Waals surface area contributed by atoms with Crippen LogP contribution >= 0.6 is 0 Å². The second-order valence-electron chi connectivity index (χ2n) is 3.75. The van der Waals surface area contributed by atoms with Crippen LogP contribution in [0.4, 0.5) is 0 Å². The number of aromatic nitrogens is 2.